The molecular formula is C52H67N9O13. The first kappa shape index (κ1) is 54.5. The number of piperidine rings is 1. The third-order valence-electron chi connectivity index (χ3n) is 14.7. The number of carbonyl (C=O) groups is 8. The molecule has 0 aromatic heterocycles. The number of aromatic hydroxyl groups is 2. The lowest BCUT2D eigenvalue weighted by Crippen LogP contribution is -2.77. The molecule has 1 saturated carbocycles. The number of likely N-dealkylation sites (N-methyl/N-ethyl adjacent to an activating group) is 1. The largest absolute Gasteiger partial charge is 0.508 e. The molecule has 3 aromatic rings. The predicted molar refractivity (Wildman–Crippen MR) is 266 cm³/mol. The molecule has 2 aliphatic heterocycles. The maximum atomic E-state index is 13.7. The third-order valence-corrected chi connectivity index (χ3v) is 14.7. The van der Waals surface area contributed by atoms with E-state index in [-0.39, 0.29) is 49.1 Å². The summed E-state index contributed by atoms with van der Waals surface area (Å²) in [5.41, 5.74) is 7.22. The number of amides is 7. The molecule has 398 valence electrons. The zero-order valence-corrected chi connectivity index (χ0v) is 41.6. The SMILES string of the molecule is CC(C)C[C@H](NC(=O)[C@H](Cc1ccccc1)NC(=O)CNC(=O)[C@H](CCC(=O)NCC(=O)NCC(=O)N[C@H]1CC[C@@]2(O)C3Cc4ccc(O)c5c4[C@@]2(CCN3C)[C@H]1O5)NC(=O)[C@@H](N)Cc1ccc(O)cc1)C(=O)O. The van der Waals surface area contributed by atoms with Gasteiger partial charge in [0.25, 0.3) is 0 Å². The summed E-state index contributed by atoms with van der Waals surface area (Å²) in [6.45, 7) is 2.59. The molecule has 1 spiro atoms. The summed E-state index contributed by atoms with van der Waals surface area (Å²) in [5, 5.41) is 60.5. The van der Waals surface area contributed by atoms with Gasteiger partial charge in [0, 0.05) is 24.4 Å². The van der Waals surface area contributed by atoms with Crippen LogP contribution in [0.5, 0.6) is 17.2 Å². The van der Waals surface area contributed by atoms with Crippen LogP contribution in [0.1, 0.15) is 74.6 Å². The maximum Gasteiger partial charge on any atom is 0.326 e. The molecule has 2 bridgehead atoms. The smallest absolute Gasteiger partial charge is 0.326 e. The van der Waals surface area contributed by atoms with Gasteiger partial charge in [0.15, 0.2) is 11.5 Å². The van der Waals surface area contributed by atoms with Crippen molar-refractivity contribution in [3.63, 3.8) is 0 Å². The summed E-state index contributed by atoms with van der Waals surface area (Å²) in [6.07, 6.45) is 0.631. The van der Waals surface area contributed by atoms with Crippen molar-refractivity contribution in [3.8, 4) is 17.2 Å². The second kappa shape index (κ2) is 23.3. The van der Waals surface area contributed by atoms with E-state index in [1.165, 1.54) is 12.1 Å². The number of phenols is 2. The van der Waals surface area contributed by atoms with Gasteiger partial charge in [-0.15, -0.1) is 0 Å². The molecule has 7 rings (SSSR count). The predicted octanol–water partition coefficient (Wildman–Crippen LogP) is -1.11. The van der Waals surface area contributed by atoms with Crippen molar-refractivity contribution in [2.24, 2.45) is 11.7 Å². The minimum absolute atomic E-state index is 0.00198. The van der Waals surface area contributed by atoms with Crippen molar-refractivity contribution in [3.05, 3.63) is 89.0 Å². The summed E-state index contributed by atoms with van der Waals surface area (Å²) < 4.78 is 6.43. The number of benzene rings is 3. The second-order valence-corrected chi connectivity index (χ2v) is 20.2. The van der Waals surface area contributed by atoms with Gasteiger partial charge in [-0.25, -0.2) is 4.79 Å². The molecule has 22 heteroatoms. The zero-order valence-electron chi connectivity index (χ0n) is 41.6. The number of carbonyl (C=O) groups excluding carboxylic acids is 7. The van der Waals surface area contributed by atoms with Crippen molar-refractivity contribution in [2.45, 2.75) is 125 Å². The number of nitrogens with one attached hydrogen (secondary N) is 7. The monoisotopic (exact) mass is 1030 g/mol. The number of likely N-dealkylation sites (tertiary alicyclic amines) is 1. The molecule has 1 saturated heterocycles. The number of hydrogen-bond acceptors (Lipinski definition) is 14. The normalized spacial score (nSPS) is 22.8. The minimum atomic E-state index is -1.43. The van der Waals surface area contributed by atoms with Crippen molar-refractivity contribution >= 4 is 47.3 Å². The number of nitrogens with zero attached hydrogens (tertiary/aromatic N) is 1. The Labute approximate surface area is 427 Å². The highest BCUT2D eigenvalue weighted by Gasteiger charge is 2.72. The summed E-state index contributed by atoms with van der Waals surface area (Å²) in [7, 11) is 1.99. The molecule has 13 N–H and O–H groups in total. The van der Waals surface area contributed by atoms with E-state index in [0.717, 1.165) is 11.1 Å². The molecule has 2 fully saturated rings. The van der Waals surface area contributed by atoms with Crippen LogP contribution in [0.4, 0.5) is 0 Å². The molecule has 3 aromatic carbocycles. The lowest BCUT2D eigenvalue weighted by Gasteiger charge is -2.63. The number of rotatable bonds is 23. The van der Waals surface area contributed by atoms with Crippen LogP contribution < -0.4 is 47.7 Å². The fraction of sp³-hybridized carbons (Fsp3) is 0.500. The van der Waals surface area contributed by atoms with Gasteiger partial charge in [-0.05, 0) is 99.3 Å². The van der Waals surface area contributed by atoms with Crippen LogP contribution in [0.2, 0.25) is 0 Å². The van der Waals surface area contributed by atoms with Crippen molar-refractivity contribution in [2.75, 3.05) is 33.2 Å². The lowest BCUT2D eigenvalue weighted by atomic mass is 9.48. The van der Waals surface area contributed by atoms with Gasteiger partial charge in [0.2, 0.25) is 41.4 Å². The van der Waals surface area contributed by atoms with Crippen molar-refractivity contribution in [1.82, 2.24) is 42.1 Å². The Morgan fingerprint density at radius 3 is 2.11 bits per heavy atom. The number of ether oxygens (including phenoxy) is 1. The van der Waals surface area contributed by atoms with Crippen LogP contribution in [0, 0.1) is 5.92 Å². The standard InChI is InChI=1S/C52H67N9O13/c1-28(2)21-37(50(71)72)60-49(70)36(23-29-7-5-4-6-8-29)58-43(67)27-56-48(69)35(59-47(68)33(53)22-30-9-12-32(62)13-10-30)14-16-40(64)54-25-41(65)55-26-42(66)57-34-17-18-52(73)39-24-31-11-15-38(63)45-44(31)51(52,46(34)74-45)19-20-61(39)3/h4-13,15,28,33-37,39,46,62-63,73H,14,16-27,53H2,1-3H3,(H,54,64)(H,55,65)(H,56,69)(H,57,66)(H,58,67)(H,59,68)(H,60,70)(H,71,72)/t33-,34-,35-,36-,37-,39?,46-,51-,52+/m0/s1. The average Bonchev–Trinajstić information content (AvgIpc) is 3.73. The quantitative estimate of drug-likeness (QED) is 0.0536. The molecule has 7 amide bonds. The van der Waals surface area contributed by atoms with Gasteiger partial charge in [0.1, 0.15) is 30.0 Å². The highest BCUT2D eigenvalue weighted by Crippen LogP contribution is 2.65. The van der Waals surface area contributed by atoms with Gasteiger partial charge >= 0.3 is 5.97 Å². The molecule has 2 aliphatic carbocycles. The molecule has 0 radical (unpaired) electrons. The third kappa shape index (κ3) is 12.2. The Balaban J connectivity index is 0.923. The highest BCUT2D eigenvalue weighted by atomic mass is 16.5. The molecule has 4 aliphatic rings. The van der Waals surface area contributed by atoms with E-state index >= 15 is 0 Å². The van der Waals surface area contributed by atoms with E-state index in [1.807, 2.05) is 13.1 Å². The van der Waals surface area contributed by atoms with Crippen LogP contribution >= 0.6 is 0 Å². The van der Waals surface area contributed by atoms with Gasteiger partial charge < -0.3 is 73.0 Å². The van der Waals surface area contributed by atoms with Crippen LogP contribution in [-0.2, 0) is 63.0 Å². The molecule has 74 heavy (non-hydrogen) atoms. The number of aliphatic hydroxyl groups is 1. The van der Waals surface area contributed by atoms with E-state index in [1.54, 1.807) is 62.4 Å². The Kier molecular flexibility index (Phi) is 17.1. The second-order valence-electron chi connectivity index (χ2n) is 20.2. The van der Waals surface area contributed by atoms with Crippen LogP contribution in [0.25, 0.3) is 0 Å². The number of carboxylic acids is 1. The Morgan fingerprint density at radius 1 is 0.743 bits per heavy atom. The number of phenolic OH excluding ortho intramolecular Hbond substituents is 2. The number of carboxylic acid groups (broad SMARTS) is 1. The van der Waals surface area contributed by atoms with E-state index in [9.17, 15) is 58.8 Å². The molecule has 2 heterocycles. The first-order chi connectivity index (χ1) is 35.2. The first-order valence-electron chi connectivity index (χ1n) is 24.9. The fourth-order valence-corrected chi connectivity index (χ4v) is 11.0. The molecule has 22 nitrogen and oxygen atoms in total. The topological polar surface area (TPSA) is 340 Å². The summed E-state index contributed by atoms with van der Waals surface area (Å²) >= 11 is 0. The van der Waals surface area contributed by atoms with Crippen LogP contribution in [-0.4, -0.2) is 154 Å². The minimum Gasteiger partial charge on any atom is -0.508 e. The first-order valence-corrected chi connectivity index (χ1v) is 24.9. The average molecular weight is 1030 g/mol. The van der Waals surface area contributed by atoms with Gasteiger partial charge in [-0.3, -0.25) is 33.6 Å². The summed E-state index contributed by atoms with van der Waals surface area (Å²) in [6, 6.07) is 12.3. The van der Waals surface area contributed by atoms with Gasteiger partial charge in [0.05, 0.1) is 42.7 Å². The Bertz CT molecular complexity index is 2600. The lowest BCUT2D eigenvalue weighted by molar-refractivity contribution is -0.187. The molecule has 9 atom stereocenters. The van der Waals surface area contributed by atoms with Crippen molar-refractivity contribution in [1.29, 1.82) is 0 Å². The highest BCUT2D eigenvalue weighted by molar-refractivity contribution is 5.95. The number of hydrogen-bond donors (Lipinski definition) is 12. The maximum absolute atomic E-state index is 13.7. The van der Waals surface area contributed by atoms with Gasteiger partial charge in [-0.1, -0.05) is 62.4 Å². The van der Waals surface area contributed by atoms with E-state index < -0.39 is 121 Å². The van der Waals surface area contributed by atoms with Crippen LogP contribution in [0.15, 0.2) is 66.7 Å². The summed E-state index contributed by atoms with van der Waals surface area (Å²) in [4.78, 5) is 107. The van der Waals surface area contributed by atoms with E-state index in [2.05, 4.69) is 42.1 Å². The molecular weight excluding hydrogens is 959 g/mol. The van der Waals surface area contributed by atoms with Gasteiger partial charge in [-0.2, -0.15) is 0 Å². The number of nitrogens with two attached hydrogens (primary N) is 1. The van der Waals surface area contributed by atoms with Crippen LogP contribution in [0.3, 0.4) is 0 Å². The van der Waals surface area contributed by atoms with Crippen molar-refractivity contribution < 1.29 is 63.5 Å². The Hall–Kier alpha value is -7.30. The Morgan fingerprint density at radius 2 is 1.41 bits per heavy atom. The summed E-state index contributed by atoms with van der Waals surface area (Å²) in [5.74, 6) is -6.22. The molecule has 1 unspecified atom stereocenters. The zero-order chi connectivity index (χ0) is 53.5. The number of aliphatic carboxylic acids is 1. The van der Waals surface area contributed by atoms with E-state index in [0.29, 0.717) is 49.1 Å². The fourth-order valence-electron chi connectivity index (χ4n) is 11.0. The van der Waals surface area contributed by atoms with E-state index in [4.69, 9.17) is 10.5 Å².